The molecule has 3 N–H and O–H groups in total. The molecule has 0 saturated heterocycles. The number of rotatable bonds is 7. The number of phenols is 1. The third-order valence-electron chi connectivity index (χ3n) is 4.17. The minimum atomic E-state index is -0.744. The molecule has 0 unspecified atom stereocenters. The molecule has 0 aliphatic rings. The first-order valence-corrected chi connectivity index (χ1v) is 9.29. The monoisotopic (exact) mass is 435 g/mol. The van der Waals surface area contributed by atoms with Crippen molar-refractivity contribution in [3.8, 4) is 5.75 Å². The van der Waals surface area contributed by atoms with Crippen LogP contribution in [0.5, 0.6) is 5.75 Å². The SMILES string of the molecule is CC(=O)c1ccc(NC(=O)O[C@H](c2cc(Br)ccc2O)[C@H](C)CCO)cc1. The van der Waals surface area contributed by atoms with Gasteiger partial charge in [0.2, 0.25) is 0 Å². The molecule has 0 aliphatic heterocycles. The predicted octanol–water partition coefficient (Wildman–Crippen LogP) is 4.67. The Morgan fingerprint density at radius 2 is 1.85 bits per heavy atom. The molecular weight excluding hydrogens is 414 g/mol. The number of hydrogen-bond donors (Lipinski definition) is 3. The second-order valence-electron chi connectivity index (χ2n) is 6.28. The van der Waals surface area contributed by atoms with Crippen molar-refractivity contribution >= 4 is 33.5 Å². The molecule has 0 bridgehead atoms. The van der Waals surface area contributed by atoms with Gasteiger partial charge in [0.05, 0.1) is 0 Å². The molecule has 1 amide bonds. The smallest absolute Gasteiger partial charge is 0.412 e. The lowest BCUT2D eigenvalue weighted by Crippen LogP contribution is -2.22. The van der Waals surface area contributed by atoms with Gasteiger partial charge < -0.3 is 14.9 Å². The molecule has 7 heteroatoms. The molecule has 0 fully saturated rings. The number of halogens is 1. The van der Waals surface area contributed by atoms with Crippen LogP contribution in [0.2, 0.25) is 0 Å². The number of nitrogens with one attached hydrogen (secondary N) is 1. The molecule has 144 valence electrons. The maximum Gasteiger partial charge on any atom is 0.412 e. The van der Waals surface area contributed by atoms with Gasteiger partial charge in [-0.05, 0) is 61.7 Å². The van der Waals surface area contributed by atoms with E-state index in [1.807, 2.05) is 6.92 Å². The molecule has 2 aromatic carbocycles. The fraction of sp³-hybridized carbons (Fsp3) is 0.300. The summed E-state index contributed by atoms with van der Waals surface area (Å²) in [6, 6.07) is 11.3. The predicted molar refractivity (Wildman–Crippen MR) is 106 cm³/mol. The van der Waals surface area contributed by atoms with Crippen LogP contribution in [-0.4, -0.2) is 28.7 Å². The van der Waals surface area contributed by atoms with Gasteiger partial charge in [-0.3, -0.25) is 10.1 Å². The van der Waals surface area contributed by atoms with E-state index in [4.69, 9.17) is 4.74 Å². The summed E-state index contributed by atoms with van der Waals surface area (Å²) in [6.45, 7) is 3.23. The van der Waals surface area contributed by atoms with Gasteiger partial charge in [0.1, 0.15) is 11.9 Å². The molecular formula is C20H22BrNO5. The van der Waals surface area contributed by atoms with Crippen molar-refractivity contribution in [1.82, 2.24) is 0 Å². The summed E-state index contributed by atoms with van der Waals surface area (Å²) in [5, 5.41) is 22.0. The van der Waals surface area contributed by atoms with E-state index < -0.39 is 12.2 Å². The summed E-state index contributed by atoms with van der Waals surface area (Å²) in [4.78, 5) is 23.7. The van der Waals surface area contributed by atoms with Crippen LogP contribution in [0.3, 0.4) is 0 Å². The highest BCUT2D eigenvalue weighted by Crippen LogP contribution is 2.36. The van der Waals surface area contributed by atoms with Crippen molar-refractivity contribution in [2.45, 2.75) is 26.4 Å². The van der Waals surface area contributed by atoms with E-state index in [1.165, 1.54) is 13.0 Å². The lowest BCUT2D eigenvalue weighted by molar-refractivity contribution is 0.0652. The van der Waals surface area contributed by atoms with Crippen LogP contribution in [0.25, 0.3) is 0 Å². The molecule has 2 rings (SSSR count). The Balaban J connectivity index is 2.17. The fourth-order valence-corrected chi connectivity index (χ4v) is 3.02. The third-order valence-corrected chi connectivity index (χ3v) is 4.66. The van der Waals surface area contributed by atoms with E-state index in [-0.39, 0.29) is 24.1 Å². The zero-order valence-electron chi connectivity index (χ0n) is 15.1. The number of aliphatic hydroxyl groups is 1. The van der Waals surface area contributed by atoms with Crippen molar-refractivity contribution in [3.63, 3.8) is 0 Å². The van der Waals surface area contributed by atoms with E-state index in [0.29, 0.717) is 23.2 Å². The van der Waals surface area contributed by atoms with Crippen molar-refractivity contribution in [2.75, 3.05) is 11.9 Å². The number of ether oxygens (including phenoxy) is 1. The van der Waals surface area contributed by atoms with E-state index in [9.17, 15) is 19.8 Å². The molecule has 0 aromatic heterocycles. The third kappa shape index (κ3) is 5.80. The minimum absolute atomic E-state index is 0.00611. The molecule has 0 aliphatic carbocycles. The maximum absolute atomic E-state index is 12.4. The van der Waals surface area contributed by atoms with Crippen LogP contribution in [0.15, 0.2) is 46.9 Å². The van der Waals surface area contributed by atoms with Crippen molar-refractivity contribution in [2.24, 2.45) is 5.92 Å². The molecule has 2 atom stereocenters. The Bertz CT molecular complexity index is 807. The second kappa shape index (κ2) is 9.53. The zero-order chi connectivity index (χ0) is 20.0. The molecule has 27 heavy (non-hydrogen) atoms. The molecule has 2 aromatic rings. The molecule has 0 spiro atoms. The largest absolute Gasteiger partial charge is 0.508 e. The van der Waals surface area contributed by atoms with Crippen LogP contribution in [0.4, 0.5) is 10.5 Å². The summed E-state index contributed by atoms with van der Waals surface area (Å²) in [5.74, 6) is -0.278. The number of phenolic OH excluding ortho intramolecular Hbond substituents is 1. The Morgan fingerprint density at radius 1 is 1.19 bits per heavy atom. The second-order valence-corrected chi connectivity index (χ2v) is 7.19. The summed E-state index contributed by atoms with van der Waals surface area (Å²) in [5.41, 5.74) is 1.48. The first-order chi connectivity index (χ1) is 12.8. The van der Waals surface area contributed by atoms with Crippen LogP contribution in [0.1, 0.15) is 42.3 Å². The lowest BCUT2D eigenvalue weighted by Gasteiger charge is -2.25. The average molecular weight is 436 g/mol. The highest BCUT2D eigenvalue weighted by molar-refractivity contribution is 9.10. The number of aromatic hydroxyl groups is 1. The number of carbonyl (C=O) groups excluding carboxylic acids is 2. The number of benzene rings is 2. The number of aliphatic hydroxyl groups excluding tert-OH is 1. The quantitative estimate of drug-likeness (QED) is 0.549. The summed E-state index contributed by atoms with van der Waals surface area (Å²) in [6.07, 6.45) is -1.04. The summed E-state index contributed by atoms with van der Waals surface area (Å²) < 4.78 is 6.30. The van der Waals surface area contributed by atoms with Crippen LogP contribution < -0.4 is 5.32 Å². The number of ketones is 1. The normalized spacial score (nSPS) is 12.9. The Labute approximate surface area is 166 Å². The molecule has 0 heterocycles. The van der Waals surface area contributed by atoms with Gasteiger partial charge in [0, 0.05) is 27.9 Å². The minimum Gasteiger partial charge on any atom is -0.508 e. The van der Waals surface area contributed by atoms with Gasteiger partial charge in [-0.1, -0.05) is 22.9 Å². The van der Waals surface area contributed by atoms with Gasteiger partial charge in [-0.25, -0.2) is 4.79 Å². The standard InChI is InChI=1S/C20H22BrNO5/c1-12(9-10-23)19(17-11-15(21)5-8-18(17)25)27-20(26)22-16-6-3-14(4-7-16)13(2)24/h3-8,11-12,19,23,25H,9-10H2,1-2H3,(H,22,26)/t12-,19+/m1/s1. The number of Topliss-reactive ketones (excluding diaryl/α,β-unsaturated/α-hetero) is 1. The van der Waals surface area contributed by atoms with E-state index in [0.717, 1.165) is 4.47 Å². The van der Waals surface area contributed by atoms with Crippen LogP contribution >= 0.6 is 15.9 Å². The first kappa shape index (κ1) is 20.9. The maximum atomic E-state index is 12.4. The van der Waals surface area contributed by atoms with E-state index >= 15 is 0 Å². The zero-order valence-corrected chi connectivity index (χ0v) is 16.7. The first-order valence-electron chi connectivity index (χ1n) is 8.49. The molecule has 0 saturated carbocycles. The average Bonchev–Trinajstić information content (AvgIpc) is 2.62. The van der Waals surface area contributed by atoms with Gasteiger partial charge in [-0.15, -0.1) is 0 Å². The number of carbonyl (C=O) groups is 2. The van der Waals surface area contributed by atoms with Crippen molar-refractivity contribution < 1.29 is 24.5 Å². The van der Waals surface area contributed by atoms with Gasteiger partial charge in [0.15, 0.2) is 5.78 Å². The Morgan fingerprint density at radius 3 is 2.44 bits per heavy atom. The van der Waals surface area contributed by atoms with Gasteiger partial charge >= 0.3 is 6.09 Å². The Hall–Kier alpha value is -2.38. The summed E-state index contributed by atoms with van der Waals surface area (Å²) >= 11 is 3.35. The number of anilines is 1. The topological polar surface area (TPSA) is 95.9 Å². The lowest BCUT2D eigenvalue weighted by atomic mass is 9.94. The Kier molecular flexibility index (Phi) is 7.38. The van der Waals surface area contributed by atoms with Gasteiger partial charge in [-0.2, -0.15) is 0 Å². The van der Waals surface area contributed by atoms with Crippen LogP contribution in [0, 0.1) is 5.92 Å². The number of hydrogen-bond acceptors (Lipinski definition) is 5. The van der Waals surface area contributed by atoms with Crippen molar-refractivity contribution in [3.05, 3.63) is 58.1 Å². The van der Waals surface area contributed by atoms with E-state index in [1.54, 1.807) is 36.4 Å². The fourth-order valence-electron chi connectivity index (χ4n) is 2.65. The van der Waals surface area contributed by atoms with Gasteiger partial charge in [0.25, 0.3) is 0 Å². The van der Waals surface area contributed by atoms with Crippen molar-refractivity contribution in [1.29, 1.82) is 0 Å². The summed E-state index contributed by atoms with van der Waals surface area (Å²) in [7, 11) is 0. The molecule has 0 radical (unpaired) electrons. The highest BCUT2D eigenvalue weighted by atomic mass is 79.9. The van der Waals surface area contributed by atoms with Crippen LogP contribution in [-0.2, 0) is 4.74 Å². The van der Waals surface area contributed by atoms with E-state index in [2.05, 4.69) is 21.2 Å². The number of amides is 1. The molecule has 6 nitrogen and oxygen atoms in total. The highest BCUT2D eigenvalue weighted by Gasteiger charge is 2.26.